The zero-order valence-electron chi connectivity index (χ0n) is 16.6. The van der Waals surface area contributed by atoms with Gasteiger partial charge >= 0.3 is 6.18 Å². The largest absolute Gasteiger partial charge is 0.405 e. The third-order valence-electron chi connectivity index (χ3n) is 5.48. The van der Waals surface area contributed by atoms with Crippen LogP contribution in [0.2, 0.25) is 0 Å². The Labute approximate surface area is 176 Å². The summed E-state index contributed by atoms with van der Waals surface area (Å²) < 4.78 is 53.3. The van der Waals surface area contributed by atoms with E-state index in [0.717, 1.165) is 0 Å². The molecule has 13 heteroatoms. The Morgan fingerprint density at radius 1 is 1.17 bits per heavy atom. The maximum atomic E-state index is 13.9. The molecule has 2 heterocycles. The van der Waals surface area contributed by atoms with Crippen molar-refractivity contribution >= 4 is 23.5 Å². The number of hydrazine groups is 1. The minimum Gasteiger partial charge on any atom is -0.353 e. The highest BCUT2D eigenvalue weighted by atomic mass is 35.5. The second kappa shape index (κ2) is 9.51. The van der Waals surface area contributed by atoms with Crippen LogP contribution in [-0.4, -0.2) is 60.0 Å². The summed E-state index contributed by atoms with van der Waals surface area (Å²) in [6.07, 6.45) is -6.05. The molecule has 0 bridgehead atoms. The maximum absolute atomic E-state index is 13.9. The van der Waals surface area contributed by atoms with Gasteiger partial charge in [0.2, 0.25) is 0 Å². The van der Waals surface area contributed by atoms with Gasteiger partial charge in [0.1, 0.15) is 18.4 Å². The highest BCUT2D eigenvalue weighted by molar-refractivity contribution is 6.20. The summed E-state index contributed by atoms with van der Waals surface area (Å²) in [5.41, 5.74) is 7.38. The fourth-order valence-corrected chi connectivity index (χ4v) is 4.27. The molecule has 0 aromatic carbocycles. The van der Waals surface area contributed by atoms with E-state index < -0.39 is 48.5 Å². The molecule has 30 heavy (non-hydrogen) atoms. The molecule has 0 radical (unpaired) electrons. The van der Waals surface area contributed by atoms with Gasteiger partial charge in [-0.05, 0) is 26.2 Å². The molecule has 1 amide bonds. The summed E-state index contributed by atoms with van der Waals surface area (Å²) in [5, 5.41) is 5.15. The number of carbonyl (C=O) groups excluding carboxylic acids is 1. The number of aliphatic imine (C=N–C) groups is 1. The number of rotatable bonds is 3. The Bertz CT molecular complexity index is 644. The van der Waals surface area contributed by atoms with Gasteiger partial charge in [0.15, 0.2) is 12.1 Å². The van der Waals surface area contributed by atoms with Crippen molar-refractivity contribution < 1.29 is 27.2 Å². The Kier molecular flexibility index (Phi) is 7.44. The topological polar surface area (TPSA) is 98.8 Å². The van der Waals surface area contributed by atoms with Crippen molar-refractivity contribution in [2.24, 2.45) is 10.9 Å². The number of guanidine groups is 1. The first-order valence-corrected chi connectivity index (χ1v) is 10.4. The number of nitrogens with one attached hydrogen (secondary N) is 5. The van der Waals surface area contributed by atoms with Crippen molar-refractivity contribution in [3.05, 3.63) is 0 Å². The quantitative estimate of drug-likeness (QED) is 0.189. The smallest absolute Gasteiger partial charge is 0.353 e. The van der Waals surface area contributed by atoms with E-state index in [1.54, 1.807) is 0 Å². The molecular weight excluding hydrogens is 432 g/mol. The van der Waals surface area contributed by atoms with Gasteiger partial charge in [-0.15, -0.1) is 11.6 Å². The molecule has 5 N–H and O–H groups in total. The number of hydrogen-bond acceptors (Lipinski definition) is 6. The lowest BCUT2D eigenvalue weighted by Crippen LogP contribution is -2.52. The van der Waals surface area contributed by atoms with Gasteiger partial charge in [-0.3, -0.25) is 14.9 Å². The van der Waals surface area contributed by atoms with E-state index in [9.17, 15) is 22.4 Å². The Hall–Kier alpha value is -1.21. The van der Waals surface area contributed by atoms with Crippen LogP contribution in [0.25, 0.3) is 0 Å². The summed E-state index contributed by atoms with van der Waals surface area (Å²) in [5.74, 6) is -1.48. The van der Waals surface area contributed by atoms with E-state index in [1.807, 2.05) is 6.92 Å². The lowest BCUT2D eigenvalue weighted by Gasteiger charge is -2.30. The SMILES string of the molecule is CC1CC(C(=O)N/C(=N\C2NNC(C(F)(F)F)C2C)NC2CC(F)CC(Cl)C2)ON1. The van der Waals surface area contributed by atoms with Crippen molar-refractivity contribution in [2.45, 2.75) is 87.7 Å². The number of nitrogens with zero attached hydrogens (tertiary/aromatic N) is 1. The molecule has 172 valence electrons. The van der Waals surface area contributed by atoms with Crippen LogP contribution in [0.4, 0.5) is 17.6 Å². The van der Waals surface area contributed by atoms with E-state index in [4.69, 9.17) is 16.4 Å². The molecule has 2 aliphatic heterocycles. The van der Waals surface area contributed by atoms with E-state index >= 15 is 0 Å². The van der Waals surface area contributed by atoms with Crippen LogP contribution in [0.5, 0.6) is 0 Å². The normalized spacial score (nSPS) is 40.4. The standard InChI is InChI=1S/C17H27ClF4N6O2/c1-7-3-12(30-28-7)15(29)25-16(23-11-5-9(18)4-10(19)6-11)24-14-8(2)13(26-27-14)17(20,21)22/h7-14,26-28H,3-6H2,1-2H3,(H2,23,24,25,29). The fraction of sp³-hybridized carbons (Fsp3) is 0.882. The molecule has 3 fully saturated rings. The van der Waals surface area contributed by atoms with Crippen molar-refractivity contribution in [1.82, 2.24) is 27.0 Å². The van der Waals surface area contributed by atoms with Crippen molar-refractivity contribution in [3.63, 3.8) is 0 Å². The summed E-state index contributed by atoms with van der Waals surface area (Å²) in [7, 11) is 0. The molecule has 8 unspecified atom stereocenters. The average molecular weight is 459 g/mol. The molecule has 8 atom stereocenters. The van der Waals surface area contributed by atoms with Gasteiger partial charge in [0, 0.05) is 29.8 Å². The van der Waals surface area contributed by atoms with E-state index in [-0.39, 0.29) is 30.2 Å². The van der Waals surface area contributed by atoms with E-state index in [0.29, 0.717) is 12.8 Å². The molecule has 3 aliphatic rings. The maximum Gasteiger partial charge on any atom is 0.405 e. The van der Waals surface area contributed by atoms with Gasteiger partial charge in [0.25, 0.3) is 5.91 Å². The number of carbonyl (C=O) groups is 1. The van der Waals surface area contributed by atoms with Gasteiger partial charge in [-0.2, -0.15) is 18.7 Å². The first-order valence-electron chi connectivity index (χ1n) is 9.95. The van der Waals surface area contributed by atoms with Crippen molar-refractivity contribution in [1.29, 1.82) is 0 Å². The number of hydroxylamine groups is 1. The third kappa shape index (κ3) is 5.94. The summed E-state index contributed by atoms with van der Waals surface area (Å²) in [6.45, 7) is 3.25. The van der Waals surface area contributed by atoms with Crippen LogP contribution in [-0.2, 0) is 9.63 Å². The van der Waals surface area contributed by atoms with Gasteiger partial charge < -0.3 is 5.32 Å². The molecule has 1 saturated carbocycles. The number of halogens is 5. The number of hydrogen-bond donors (Lipinski definition) is 5. The molecule has 0 aromatic heterocycles. The molecule has 8 nitrogen and oxygen atoms in total. The number of amides is 1. The lowest BCUT2D eigenvalue weighted by atomic mass is 9.93. The molecule has 0 aromatic rings. The van der Waals surface area contributed by atoms with Crippen LogP contribution in [0.3, 0.4) is 0 Å². The van der Waals surface area contributed by atoms with E-state index in [2.05, 4.69) is 32.0 Å². The zero-order valence-corrected chi connectivity index (χ0v) is 17.4. The first-order chi connectivity index (χ1) is 14.0. The van der Waals surface area contributed by atoms with Crippen LogP contribution in [0.1, 0.15) is 39.5 Å². The van der Waals surface area contributed by atoms with E-state index in [1.165, 1.54) is 6.92 Å². The predicted molar refractivity (Wildman–Crippen MR) is 102 cm³/mol. The first kappa shape index (κ1) is 23.5. The fourth-order valence-electron chi connectivity index (χ4n) is 3.86. The minimum atomic E-state index is -4.45. The van der Waals surface area contributed by atoms with Crippen LogP contribution < -0.4 is 27.0 Å². The third-order valence-corrected chi connectivity index (χ3v) is 5.83. The van der Waals surface area contributed by atoms with Gasteiger partial charge in [-0.1, -0.05) is 6.92 Å². The molecule has 1 aliphatic carbocycles. The molecule has 3 rings (SSSR count). The van der Waals surface area contributed by atoms with Gasteiger partial charge in [-0.25, -0.2) is 20.2 Å². The number of alkyl halides is 5. The lowest BCUT2D eigenvalue weighted by molar-refractivity contribution is -0.160. The average Bonchev–Trinajstić information content (AvgIpc) is 3.20. The second-order valence-corrected chi connectivity index (χ2v) is 8.80. The summed E-state index contributed by atoms with van der Waals surface area (Å²) in [6, 6.07) is -2.23. The highest BCUT2D eigenvalue weighted by Gasteiger charge is 2.49. The Balaban J connectivity index is 1.73. The van der Waals surface area contributed by atoms with Crippen LogP contribution in [0, 0.1) is 5.92 Å². The molecular formula is C17H27ClF4N6O2. The summed E-state index contributed by atoms with van der Waals surface area (Å²) >= 11 is 6.10. The zero-order chi connectivity index (χ0) is 22.1. The van der Waals surface area contributed by atoms with Crippen LogP contribution in [0.15, 0.2) is 4.99 Å². The summed E-state index contributed by atoms with van der Waals surface area (Å²) in [4.78, 5) is 22.0. The van der Waals surface area contributed by atoms with Crippen molar-refractivity contribution in [2.75, 3.05) is 0 Å². The molecule has 0 spiro atoms. The Morgan fingerprint density at radius 3 is 2.47 bits per heavy atom. The van der Waals surface area contributed by atoms with Gasteiger partial charge in [0.05, 0.1) is 0 Å². The van der Waals surface area contributed by atoms with Crippen LogP contribution >= 0.6 is 11.6 Å². The Morgan fingerprint density at radius 2 is 1.90 bits per heavy atom. The highest BCUT2D eigenvalue weighted by Crippen LogP contribution is 2.30. The predicted octanol–water partition coefficient (Wildman–Crippen LogP) is 1.23. The monoisotopic (exact) mass is 458 g/mol. The second-order valence-electron chi connectivity index (χ2n) is 8.18. The van der Waals surface area contributed by atoms with Crippen molar-refractivity contribution in [3.8, 4) is 0 Å². The minimum absolute atomic E-state index is 0.0231. The molecule has 2 saturated heterocycles.